The van der Waals surface area contributed by atoms with E-state index in [1.165, 1.54) is 0 Å². The van der Waals surface area contributed by atoms with E-state index in [-0.39, 0.29) is 11.9 Å². The first-order chi connectivity index (χ1) is 7.15. The number of carbonyl (C=O) groups excluding carboxylic acids is 1. The van der Waals surface area contributed by atoms with E-state index in [2.05, 4.69) is 12.2 Å². The van der Waals surface area contributed by atoms with Crippen molar-refractivity contribution in [3.8, 4) is 0 Å². The lowest BCUT2D eigenvalue weighted by Gasteiger charge is -2.13. The molecule has 1 atom stereocenters. The molecule has 1 aromatic carbocycles. The highest BCUT2D eigenvalue weighted by atomic mass is 16.1. The van der Waals surface area contributed by atoms with E-state index in [9.17, 15) is 4.79 Å². The minimum Gasteiger partial charge on any atom is -0.350 e. The summed E-state index contributed by atoms with van der Waals surface area (Å²) in [6.45, 7) is 6.12. The Morgan fingerprint density at radius 1 is 1.40 bits per heavy atom. The van der Waals surface area contributed by atoms with Gasteiger partial charge >= 0.3 is 0 Å². The first-order valence-corrected chi connectivity index (χ1v) is 5.51. The van der Waals surface area contributed by atoms with Crippen LogP contribution in [0.1, 0.15) is 42.6 Å². The van der Waals surface area contributed by atoms with Gasteiger partial charge in [-0.1, -0.05) is 31.5 Å². The summed E-state index contributed by atoms with van der Waals surface area (Å²) in [5.41, 5.74) is 1.80. The zero-order chi connectivity index (χ0) is 11.3. The Balaban J connectivity index is 2.65. The van der Waals surface area contributed by atoms with Crippen LogP contribution in [0.4, 0.5) is 0 Å². The molecule has 0 aromatic heterocycles. The van der Waals surface area contributed by atoms with Gasteiger partial charge in [0, 0.05) is 11.6 Å². The minimum absolute atomic E-state index is 0.0362. The van der Waals surface area contributed by atoms with Crippen molar-refractivity contribution in [3.63, 3.8) is 0 Å². The van der Waals surface area contributed by atoms with Crippen LogP contribution in [0.5, 0.6) is 0 Å². The molecule has 2 heteroatoms. The van der Waals surface area contributed by atoms with Crippen LogP contribution in [0.25, 0.3) is 0 Å². The molecule has 0 unspecified atom stereocenters. The van der Waals surface area contributed by atoms with E-state index in [0.29, 0.717) is 0 Å². The van der Waals surface area contributed by atoms with E-state index >= 15 is 0 Å². The number of amides is 1. The van der Waals surface area contributed by atoms with Crippen molar-refractivity contribution in [2.45, 2.75) is 39.7 Å². The Hall–Kier alpha value is -1.31. The number of benzene rings is 1. The summed E-state index contributed by atoms with van der Waals surface area (Å²) in [5.74, 6) is 0.0362. The molecule has 2 nitrogen and oxygen atoms in total. The van der Waals surface area contributed by atoms with Crippen molar-refractivity contribution in [2.75, 3.05) is 0 Å². The number of carbonyl (C=O) groups is 1. The zero-order valence-corrected chi connectivity index (χ0v) is 9.71. The largest absolute Gasteiger partial charge is 0.350 e. The molecule has 0 aliphatic carbocycles. The molecule has 0 spiro atoms. The molecule has 0 saturated heterocycles. The van der Waals surface area contributed by atoms with Gasteiger partial charge in [-0.05, 0) is 31.9 Å². The summed E-state index contributed by atoms with van der Waals surface area (Å²) in [7, 11) is 0. The normalized spacial score (nSPS) is 12.2. The maximum Gasteiger partial charge on any atom is 0.251 e. The second kappa shape index (κ2) is 5.54. The maximum atomic E-state index is 11.8. The fourth-order valence-corrected chi connectivity index (χ4v) is 1.63. The van der Waals surface area contributed by atoms with Gasteiger partial charge in [0.2, 0.25) is 0 Å². The lowest BCUT2D eigenvalue weighted by atomic mass is 10.1. The Labute approximate surface area is 91.7 Å². The fraction of sp³-hybridized carbons (Fsp3) is 0.462. The van der Waals surface area contributed by atoms with Crippen molar-refractivity contribution < 1.29 is 4.79 Å². The second-order valence-corrected chi connectivity index (χ2v) is 3.98. The molecule has 0 aliphatic rings. The summed E-state index contributed by atoms with van der Waals surface area (Å²) < 4.78 is 0. The van der Waals surface area contributed by atoms with Gasteiger partial charge in [-0.2, -0.15) is 0 Å². The van der Waals surface area contributed by atoms with Crippen molar-refractivity contribution in [3.05, 3.63) is 35.4 Å². The second-order valence-electron chi connectivity index (χ2n) is 3.98. The van der Waals surface area contributed by atoms with E-state index < -0.39 is 0 Å². The van der Waals surface area contributed by atoms with Gasteiger partial charge in [-0.15, -0.1) is 0 Å². The summed E-state index contributed by atoms with van der Waals surface area (Å²) in [4.78, 5) is 11.8. The van der Waals surface area contributed by atoms with E-state index in [1.54, 1.807) is 0 Å². The Morgan fingerprint density at radius 2 is 2.07 bits per heavy atom. The number of hydrogen-bond donors (Lipinski definition) is 1. The first kappa shape index (κ1) is 11.8. The molecule has 0 aliphatic heterocycles. The standard InChI is InChI=1S/C13H19NO/c1-4-7-11(3)14-13(15)12-9-6-5-8-10(12)2/h5-6,8-9,11H,4,7H2,1-3H3,(H,14,15)/t11-/m0/s1. The number of hydrogen-bond acceptors (Lipinski definition) is 1. The molecular weight excluding hydrogens is 186 g/mol. The Kier molecular flexibility index (Phi) is 4.35. The molecule has 82 valence electrons. The third kappa shape index (κ3) is 3.39. The number of rotatable bonds is 4. The van der Waals surface area contributed by atoms with Gasteiger partial charge in [0.25, 0.3) is 5.91 Å². The third-order valence-electron chi connectivity index (χ3n) is 2.49. The molecule has 1 N–H and O–H groups in total. The van der Waals surface area contributed by atoms with Crippen molar-refractivity contribution >= 4 is 5.91 Å². The summed E-state index contributed by atoms with van der Waals surface area (Å²) in [6.07, 6.45) is 2.12. The lowest BCUT2D eigenvalue weighted by Crippen LogP contribution is -2.32. The van der Waals surface area contributed by atoms with Gasteiger partial charge in [-0.3, -0.25) is 4.79 Å². The van der Waals surface area contributed by atoms with Crippen LogP contribution < -0.4 is 5.32 Å². The topological polar surface area (TPSA) is 29.1 Å². The number of aryl methyl sites for hydroxylation is 1. The van der Waals surface area contributed by atoms with Gasteiger partial charge in [-0.25, -0.2) is 0 Å². The molecule has 0 radical (unpaired) electrons. The third-order valence-corrected chi connectivity index (χ3v) is 2.49. The molecule has 1 aromatic rings. The molecule has 0 heterocycles. The monoisotopic (exact) mass is 205 g/mol. The van der Waals surface area contributed by atoms with Gasteiger partial charge in [0.05, 0.1) is 0 Å². The highest BCUT2D eigenvalue weighted by Crippen LogP contribution is 2.07. The van der Waals surface area contributed by atoms with Crippen LogP contribution in [0.2, 0.25) is 0 Å². The summed E-state index contributed by atoms with van der Waals surface area (Å²) in [5, 5.41) is 3.00. The van der Waals surface area contributed by atoms with Gasteiger partial charge in [0.15, 0.2) is 0 Å². The average Bonchev–Trinajstić information content (AvgIpc) is 2.18. The van der Waals surface area contributed by atoms with Crippen LogP contribution in [0, 0.1) is 6.92 Å². The van der Waals surface area contributed by atoms with Crippen molar-refractivity contribution in [2.24, 2.45) is 0 Å². The van der Waals surface area contributed by atoms with E-state index in [0.717, 1.165) is 24.0 Å². The van der Waals surface area contributed by atoms with Crippen LogP contribution in [0.15, 0.2) is 24.3 Å². The quantitative estimate of drug-likeness (QED) is 0.804. The van der Waals surface area contributed by atoms with Crippen LogP contribution >= 0.6 is 0 Å². The smallest absolute Gasteiger partial charge is 0.251 e. The van der Waals surface area contributed by atoms with E-state index in [4.69, 9.17) is 0 Å². The van der Waals surface area contributed by atoms with Crippen LogP contribution in [0.3, 0.4) is 0 Å². The Morgan fingerprint density at radius 3 is 2.67 bits per heavy atom. The lowest BCUT2D eigenvalue weighted by molar-refractivity contribution is 0.0937. The molecule has 0 saturated carbocycles. The van der Waals surface area contributed by atoms with Crippen molar-refractivity contribution in [1.29, 1.82) is 0 Å². The van der Waals surface area contributed by atoms with Crippen LogP contribution in [-0.4, -0.2) is 11.9 Å². The fourth-order valence-electron chi connectivity index (χ4n) is 1.63. The summed E-state index contributed by atoms with van der Waals surface area (Å²) in [6, 6.07) is 7.92. The SMILES string of the molecule is CCC[C@H](C)NC(=O)c1ccccc1C. The van der Waals surface area contributed by atoms with Gasteiger partial charge in [0.1, 0.15) is 0 Å². The highest BCUT2D eigenvalue weighted by molar-refractivity contribution is 5.95. The molecule has 0 fully saturated rings. The average molecular weight is 205 g/mol. The number of nitrogens with one attached hydrogen (secondary N) is 1. The zero-order valence-electron chi connectivity index (χ0n) is 9.71. The Bertz CT molecular complexity index is 333. The molecule has 1 rings (SSSR count). The highest BCUT2D eigenvalue weighted by Gasteiger charge is 2.10. The van der Waals surface area contributed by atoms with E-state index in [1.807, 2.05) is 38.1 Å². The first-order valence-electron chi connectivity index (χ1n) is 5.51. The predicted octanol–water partition coefficient (Wildman–Crippen LogP) is 2.91. The van der Waals surface area contributed by atoms with Crippen LogP contribution in [-0.2, 0) is 0 Å². The molecule has 15 heavy (non-hydrogen) atoms. The maximum absolute atomic E-state index is 11.8. The molecular formula is C13H19NO. The summed E-state index contributed by atoms with van der Waals surface area (Å²) >= 11 is 0. The molecule has 0 bridgehead atoms. The minimum atomic E-state index is 0.0362. The van der Waals surface area contributed by atoms with Gasteiger partial charge < -0.3 is 5.32 Å². The predicted molar refractivity (Wildman–Crippen MR) is 63.0 cm³/mol. The molecule has 1 amide bonds. The van der Waals surface area contributed by atoms with Crippen molar-refractivity contribution in [1.82, 2.24) is 5.32 Å².